The summed E-state index contributed by atoms with van der Waals surface area (Å²) in [5.41, 5.74) is -1.76. The van der Waals surface area contributed by atoms with Crippen LogP contribution in [0, 0.1) is 23.7 Å². The highest BCUT2D eigenvalue weighted by Crippen LogP contribution is 2.47. The van der Waals surface area contributed by atoms with Gasteiger partial charge in [0.25, 0.3) is 0 Å². The second kappa shape index (κ2) is 7.52. The van der Waals surface area contributed by atoms with Gasteiger partial charge in [0.15, 0.2) is 5.60 Å². The SMILES string of the molecule is CC(C)(C)OC(=O)C1CC2C=CCC(C1)C2C(=O)OC(C)(C)C(Cl)(Cl)Cl. The van der Waals surface area contributed by atoms with Crippen LogP contribution in [-0.4, -0.2) is 26.9 Å². The van der Waals surface area contributed by atoms with E-state index in [9.17, 15) is 9.59 Å². The minimum absolute atomic E-state index is 0.0231. The first-order chi connectivity index (χ1) is 11.7. The summed E-state index contributed by atoms with van der Waals surface area (Å²) in [6.45, 7) is 8.72. The van der Waals surface area contributed by atoms with E-state index in [1.54, 1.807) is 13.8 Å². The molecule has 4 nitrogen and oxygen atoms in total. The second-order valence-electron chi connectivity index (χ2n) is 8.74. The van der Waals surface area contributed by atoms with Gasteiger partial charge in [0.2, 0.25) is 3.79 Å². The predicted molar refractivity (Wildman–Crippen MR) is 103 cm³/mol. The van der Waals surface area contributed by atoms with E-state index in [4.69, 9.17) is 44.3 Å². The van der Waals surface area contributed by atoms with E-state index in [0.717, 1.165) is 6.42 Å². The number of alkyl halides is 3. The maximum Gasteiger partial charge on any atom is 0.310 e. The Labute approximate surface area is 170 Å². The molecule has 2 aliphatic rings. The molecule has 7 heteroatoms. The maximum atomic E-state index is 12.8. The maximum absolute atomic E-state index is 12.8. The summed E-state index contributed by atoms with van der Waals surface area (Å²) < 4.78 is 9.38. The summed E-state index contributed by atoms with van der Waals surface area (Å²) in [6, 6.07) is 0. The van der Waals surface area contributed by atoms with Crippen molar-refractivity contribution >= 4 is 46.7 Å². The zero-order valence-corrected chi connectivity index (χ0v) is 18.1. The van der Waals surface area contributed by atoms with Crippen LogP contribution in [0.5, 0.6) is 0 Å². The van der Waals surface area contributed by atoms with Crippen molar-refractivity contribution in [2.45, 2.75) is 68.9 Å². The minimum atomic E-state index is -1.72. The van der Waals surface area contributed by atoms with Crippen LogP contribution in [0.15, 0.2) is 12.2 Å². The van der Waals surface area contributed by atoms with Gasteiger partial charge >= 0.3 is 11.9 Å². The quantitative estimate of drug-likeness (QED) is 0.352. The molecule has 26 heavy (non-hydrogen) atoms. The van der Waals surface area contributed by atoms with Crippen LogP contribution in [0.3, 0.4) is 0 Å². The Bertz CT molecular complexity index is 587. The summed E-state index contributed by atoms with van der Waals surface area (Å²) in [4.78, 5) is 25.3. The molecular weight excluding hydrogens is 399 g/mol. The van der Waals surface area contributed by atoms with Crippen molar-refractivity contribution in [1.29, 1.82) is 0 Å². The van der Waals surface area contributed by atoms with Crippen molar-refractivity contribution in [1.82, 2.24) is 0 Å². The number of carbonyl (C=O) groups is 2. The highest BCUT2D eigenvalue weighted by atomic mass is 35.6. The van der Waals surface area contributed by atoms with Crippen molar-refractivity contribution in [3.63, 3.8) is 0 Å². The largest absolute Gasteiger partial charge is 0.460 e. The van der Waals surface area contributed by atoms with Gasteiger partial charge in [0, 0.05) is 0 Å². The van der Waals surface area contributed by atoms with Gasteiger partial charge in [-0.2, -0.15) is 0 Å². The first kappa shape index (κ1) is 21.8. The van der Waals surface area contributed by atoms with Gasteiger partial charge in [-0.1, -0.05) is 47.0 Å². The molecule has 0 amide bonds. The van der Waals surface area contributed by atoms with Crippen molar-refractivity contribution in [3.05, 3.63) is 12.2 Å². The minimum Gasteiger partial charge on any atom is -0.460 e. The molecule has 4 atom stereocenters. The van der Waals surface area contributed by atoms with Crippen LogP contribution in [0.25, 0.3) is 0 Å². The van der Waals surface area contributed by atoms with Gasteiger partial charge in [0.05, 0.1) is 11.8 Å². The molecule has 0 heterocycles. The molecule has 0 aromatic rings. The fourth-order valence-electron chi connectivity index (χ4n) is 3.62. The Morgan fingerprint density at radius 1 is 0.962 bits per heavy atom. The highest BCUT2D eigenvalue weighted by Gasteiger charge is 2.50. The molecule has 2 bridgehead atoms. The molecule has 4 unspecified atom stereocenters. The third kappa shape index (κ3) is 5.08. The smallest absolute Gasteiger partial charge is 0.310 e. The van der Waals surface area contributed by atoms with Crippen LogP contribution in [0.4, 0.5) is 0 Å². The summed E-state index contributed by atoms with van der Waals surface area (Å²) in [7, 11) is 0. The van der Waals surface area contributed by atoms with Gasteiger partial charge in [0.1, 0.15) is 5.60 Å². The molecule has 2 aliphatic carbocycles. The number of hydrogen-bond acceptors (Lipinski definition) is 4. The van der Waals surface area contributed by atoms with E-state index >= 15 is 0 Å². The van der Waals surface area contributed by atoms with Gasteiger partial charge < -0.3 is 9.47 Å². The summed E-state index contributed by atoms with van der Waals surface area (Å²) in [5, 5.41) is 0. The van der Waals surface area contributed by atoms with E-state index in [-0.39, 0.29) is 35.6 Å². The average molecular weight is 426 g/mol. The Hall–Kier alpha value is -0.450. The third-order valence-corrected chi connectivity index (χ3v) is 6.35. The molecule has 2 rings (SSSR count). The number of ether oxygens (including phenoxy) is 2. The molecular formula is C19H27Cl3O4. The first-order valence-corrected chi connectivity index (χ1v) is 10.0. The van der Waals surface area contributed by atoms with Crippen LogP contribution in [-0.2, 0) is 19.1 Å². The van der Waals surface area contributed by atoms with Crippen molar-refractivity contribution in [2.75, 3.05) is 0 Å². The third-order valence-electron chi connectivity index (χ3n) is 4.99. The number of fused-ring (bicyclic) bond motifs is 2. The van der Waals surface area contributed by atoms with Crippen molar-refractivity contribution < 1.29 is 19.1 Å². The van der Waals surface area contributed by atoms with E-state index in [1.807, 2.05) is 26.8 Å². The molecule has 1 saturated carbocycles. The number of halogens is 3. The van der Waals surface area contributed by atoms with Crippen molar-refractivity contribution in [2.24, 2.45) is 23.7 Å². The summed E-state index contributed by atoms with van der Waals surface area (Å²) in [6.07, 6.45) is 5.97. The normalized spacial score (nSPS) is 29.2. The highest BCUT2D eigenvalue weighted by molar-refractivity contribution is 6.68. The second-order valence-corrected chi connectivity index (χ2v) is 11.0. The standard InChI is InChI=1S/C19H27Cl3O4/c1-17(2,3)25-15(23)13-9-11-7-6-8-12(10-13)14(11)16(24)26-18(4,5)19(20,21)22/h6-7,11-14H,8-10H2,1-5H3. The predicted octanol–water partition coefficient (Wildman–Crippen LogP) is 5.24. The molecule has 0 aromatic heterocycles. The first-order valence-electron chi connectivity index (χ1n) is 8.90. The fourth-order valence-corrected chi connectivity index (χ4v) is 3.74. The Morgan fingerprint density at radius 3 is 2.08 bits per heavy atom. The molecule has 1 fully saturated rings. The van der Waals surface area contributed by atoms with Crippen molar-refractivity contribution in [3.8, 4) is 0 Å². The Kier molecular flexibility index (Phi) is 6.32. The lowest BCUT2D eigenvalue weighted by Gasteiger charge is -2.43. The number of rotatable bonds is 3. The molecule has 0 spiro atoms. The molecule has 148 valence electrons. The number of hydrogen-bond donors (Lipinski definition) is 0. The number of allylic oxidation sites excluding steroid dienone is 2. The topological polar surface area (TPSA) is 52.6 Å². The molecule has 0 radical (unpaired) electrons. The average Bonchev–Trinajstić information content (AvgIpc) is 2.42. The lowest BCUT2D eigenvalue weighted by molar-refractivity contribution is -0.173. The van der Waals surface area contributed by atoms with Crippen LogP contribution in [0.1, 0.15) is 53.9 Å². The van der Waals surface area contributed by atoms with Crippen LogP contribution < -0.4 is 0 Å². The summed E-state index contributed by atoms with van der Waals surface area (Å²) in [5.74, 6) is -1.15. The van der Waals surface area contributed by atoms with Crippen LogP contribution >= 0.6 is 34.8 Å². The lowest BCUT2D eigenvalue weighted by atomic mass is 9.64. The van der Waals surface area contributed by atoms with Gasteiger partial charge in [-0.3, -0.25) is 9.59 Å². The molecule has 0 aliphatic heterocycles. The van der Waals surface area contributed by atoms with Gasteiger partial charge in [-0.05, 0) is 65.7 Å². The zero-order chi connectivity index (χ0) is 19.9. The monoisotopic (exact) mass is 424 g/mol. The van der Waals surface area contributed by atoms with E-state index in [0.29, 0.717) is 12.8 Å². The van der Waals surface area contributed by atoms with E-state index in [1.165, 1.54) is 0 Å². The zero-order valence-electron chi connectivity index (χ0n) is 15.9. The van der Waals surface area contributed by atoms with Gasteiger partial charge in [-0.25, -0.2) is 0 Å². The molecule has 0 N–H and O–H groups in total. The molecule has 0 saturated heterocycles. The number of esters is 2. The van der Waals surface area contributed by atoms with E-state index in [2.05, 4.69) is 6.08 Å². The number of carbonyl (C=O) groups excluding carboxylic acids is 2. The molecule has 0 aromatic carbocycles. The van der Waals surface area contributed by atoms with E-state index < -0.39 is 15.0 Å². The van der Waals surface area contributed by atoms with Gasteiger partial charge in [-0.15, -0.1) is 0 Å². The summed E-state index contributed by atoms with van der Waals surface area (Å²) >= 11 is 17.8. The Morgan fingerprint density at radius 2 is 1.58 bits per heavy atom. The lowest BCUT2D eigenvalue weighted by Crippen LogP contribution is -2.47. The Balaban J connectivity index is 2.11. The fraction of sp³-hybridized carbons (Fsp3) is 0.789. The van der Waals surface area contributed by atoms with Crippen LogP contribution in [0.2, 0.25) is 0 Å².